The van der Waals surface area contributed by atoms with Crippen molar-refractivity contribution in [3.05, 3.63) is 52.3 Å². The van der Waals surface area contributed by atoms with Crippen LogP contribution in [-0.4, -0.2) is 20.2 Å². The molecule has 0 aliphatic carbocycles. The molecule has 0 amide bonds. The fourth-order valence-corrected chi connectivity index (χ4v) is 2.59. The van der Waals surface area contributed by atoms with Crippen molar-refractivity contribution >= 4 is 21.6 Å². The minimum atomic E-state index is -0.393. The molecule has 2 N–H and O–H groups in total. The van der Waals surface area contributed by atoms with Crippen LogP contribution in [0.3, 0.4) is 0 Å². The molecule has 1 aromatic heterocycles. The van der Waals surface area contributed by atoms with E-state index in [-0.39, 0.29) is 0 Å². The Balaban J connectivity index is 2.17. The first-order chi connectivity index (χ1) is 10.1. The smallest absolute Gasteiger partial charge is 0.189 e. The molecular formula is C14H11BrFN5. The number of tetrazole rings is 1. The van der Waals surface area contributed by atoms with Gasteiger partial charge in [0.2, 0.25) is 0 Å². The average Bonchev–Trinajstić information content (AvgIpc) is 2.87. The maximum absolute atomic E-state index is 13.2. The molecule has 0 saturated carbocycles. The number of aromatic nitrogens is 4. The third kappa shape index (κ3) is 2.52. The predicted molar refractivity (Wildman–Crippen MR) is 81.4 cm³/mol. The van der Waals surface area contributed by atoms with Crippen LogP contribution >= 0.6 is 15.9 Å². The van der Waals surface area contributed by atoms with E-state index in [0.717, 1.165) is 15.7 Å². The van der Waals surface area contributed by atoms with Crippen LogP contribution in [0, 0.1) is 12.7 Å². The highest BCUT2D eigenvalue weighted by molar-refractivity contribution is 9.10. The summed E-state index contributed by atoms with van der Waals surface area (Å²) in [5.41, 5.74) is 8.58. The Hall–Kier alpha value is -2.28. The lowest BCUT2D eigenvalue weighted by atomic mass is 10.1. The summed E-state index contributed by atoms with van der Waals surface area (Å²) >= 11 is 3.42. The van der Waals surface area contributed by atoms with Crippen LogP contribution in [0.15, 0.2) is 40.9 Å². The lowest BCUT2D eigenvalue weighted by Gasteiger charge is -2.09. The van der Waals surface area contributed by atoms with Crippen molar-refractivity contribution in [2.75, 3.05) is 5.73 Å². The monoisotopic (exact) mass is 347 g/mol. The minimum absolute atomic E-state index is 0.292. The van der Waals surface area contributed by atoms with E-state index in [1.165, 1.54) is 12.1 Å². The molecule has 1 heterocycles. The van der Waals surface area contributed by atoms with Gasteiger partial charge in [0.25, 0.3) is 0 Å². The van der Waals surface area contributed by atoms with Crippen LogP contribution < -0.4 is 5.73 Å². The SMILES string of the molecule is Cc1cc(Br)ccc1-n1nnnc1-c1ccc(F)cc1N. The molecule has 0 aliphatic heterocycles. The second-order valence-corrected chi connectivity index (χ2v) is 5.49. The van der Waals surface area contributed by atoms with Crippen LogP contribution in [0.25, 0.3) is 17.1 Å². The summed E-state index contributed by atoms with van der Waals surface area (Å²) in [7, 11) is 0. The summed E-state index contributed by atoms with van der Waals surface area (Å²) in [5, 5.41) is 11.7. The molecule has 0 bridgehead atoms. The number of hydrogen-bond donors (Lipinski definition) is 1. The molecule has 0 unspecified atom stereocenters. The molecule has 0 spiro atoms. The zero-order valence-corrected chi connectivity index (χ0v) is 12.7. The maximum atomic E-state index is 13.2. The molecule has 0 atom stereocenters. The van der Waals surface area contributed by atoms with E-state index in [1.54, 1.807) is 10.7 Å². The molecule has 0 radical (unpaired) electrons. The molecule has 2 aromatic carbocycles. The van der Waals surface area contributed by atoms with E-state index in [0.29, 0.717) is 17.1 Å². The molecule has 3 rings (SSSR count). The van der Waals surface area contributed by atoms with Crippen molar-refractivity contribution in [3.8, 4) is 17.1 Å². The summed E-state index contributed by atoms with van der Waals surface area (Å²) in [6, 6.07) is 9.93. The van der Waals surface area contributed by atoms with Crippen LogP contribution in [0.1, 0.15) is 5.56 Å². The summed E-state index contributed by atoms with van der Waals surface area (Å²) in [6.45, 7) is 1.96. The molecule has 3 aromatic rings. The first-order valence-corrected chi connectivity index (χ1v) is 6.96. The number of hydrogen-bond acceptors (Lipinski definition) is 4. The van der Waals surface area contributed by atoms with Crippen LogP contribution in [-0.2, 0) is 0 Å². The largest absolute Gasteiger partial charge is 0.398 e. The van der Waals surface area contributed by atoms with Crippen LogP contribution in [0.5, 0.6) is 0 Å². The van der Waals surface area contributed by atoms with Gasteiger partial charge in [-0.05, 0) is 59.3 Å². The first kappa shape index (κ1) is 13.7. The Morgan fingerprint density at radius 1 is 1.19 bits per heavy atom. The Morgan fingerprint density at radius 3 is 2.71 bits per heavy atom. The van der Waals surface area contributed by atoms with Crippen LogP contribution in [0.2, 0.25) is 0 Å². The van der Waals surface area contributed by atoms with E-state index in [9.17, 15) is 4.39 Å². The molecule has 0 aliphatic rings. The van der Waals surface area contributed by atoms with Gasteiger partial charge >= 0.3 is 0 Å². The van der Waals surface area contributed by atoms with Crippen molar-refractivity contribution in [1.82, 2.24) is 20.2 Å². The number of anilines is 1. The lowest BCUT2D eigenvalue weighted by Crippen LogP contribution is -2.03. The van der Waals surface area contributed by atoms with E-state index in [1.807, 2.05) is 25.1 Å². The van der Waals surface area contributed by atoms with E-state index < -0.39 is 5.82 Å². The van der Waals surface area contributed by atoms with Crippen LogP contribution in [0.4, 0.5) is 10.1 Å². The van der Waals surface area contributed by atoms with Gasteiger partial charge in [0.15, 0.2) is 5.82 Å². The van der Waals surface area contributed by atoms with E-state index in [4.69, 9.17) is 5.73 Å². The molecule has 106 valence electrons. The Labute approximate surface area is 128 Å². The van der Waals surface area contributed by atoms with Gasteiger partial charge in [-0.15, -0.1) is 5.10 Å². The number of nitrogens with zero attached hydrogens (tertiary/aromatic N) is 4. The van der Waals surface area contributed by atoms with Gasteiger partial charge in [-0.1, -0.05) is 15.9 Å². The van der Waals surface area contributed by atoms with Crippen molar-refractivity contribution < 1.29 is 4.39 Å². The van der Waals surface area contributed by atoms with Crippen molar-refractivity contribution in [2.24, 2.45) is 0 Å². The highest BCUT2D eigenvalue weighted by Crippen LogP contribution is 2.27. The number of nitrogens with two attached hydrogens (primary N) is 1. The summed E-state index contributed by atoms with van der Waals surface area (Å²) in [4.78, 5) is 0. The maximum Gasteiger partial charge on any atom is 0.189 e. The Morgan fingerprint density at radius 2 is 2.00 bits per heavy atom. The number of benzene rings is 2. The van der Waals surface area contributed by atoms with E-state index >= 15 is 0 Å². The summed E-state index contributed by atoms with van der Waals surface area (Å²) in [5.74, 6) is 0.0769. The molecule has 7 heteroatoms. The molecule has 21 heavy (non-hydrogen) atoms. The van der Waals surface area contributed by atoms with Gasteiger partial charge in [-0.2, -0.15) is 4.68 Å². The third-order valence-electron chi connectivity index (χ3n) is 3.11. The van der Waals surface area contributed by atoms with E-state index in [2.05, 4.69) is 31.5 Å². The molecule has 0 saturated heterocycles. The topological polar surface area (TPSA) is 69.6 Å². The zero-order chi connectivity index (χ0) is 15.0. The van der Waals surface area contributed by atoms with Gasteiger partial charge in [-0.25, -0.2) is 4.39 Å². The average molecular weight is 348 g/mol. The standard InChI is InChI=1S/C14H11BrFN5/c1-8-6-9(15)2-5-13(8)21-14(18-19-20-21)11-4-3-10(16)7-12(11)17/h2-7H,17H2,1H3. The van der Waals surface area contributed by atoms with Crippen molar-refractivity contribution in [1.29, 1.82) is 0 Å². The predicted octanol–water partition coefficient (Wildman–Crippen LogP) is 3.12. The van der Waals surface area contributed by atoms with Gasteiger partial charge in [-0.3, -0.25) is 0 Å². The quantitative estimate of drug-likeness (QED) is 0.723. The zero-order valence-electron chi connectivity index (χ0n) is 11.1. The Kier molecular flexibility index (Phi) is 3.42. The van der Waals surface area contributed by atoms with Gasteiger partial charge in [0, 0.05) is 15.7 Å². The minimum Gasteiger partial charge on any atom is -0.398 e. The van der Waals surface area contributed by atoms with Gasteiger partial charge < -0.3 is 5.73 Å². The highest BCUT2D eigenvalue weighted by Gasteiger charge is 2.15. The van der Waals surface area contributed by atoms with Crippen molar-refractivity contribution in [3.63, 3.8) is 0 Å². The highest BCUT2D eigenvalue weighted by atomic mass is 79.9. The van der Waals surface area contributed by atoms with Crippen molar-refractivity contribution in [2.45, 2.75) is 6.92 Å². The molecule has 5 nitrogen and oxygen atoms in total. The summed E-state index contributed by atoms with van der Waals surface area (Å²) < 4.78 is 15.7. The normalized spacial score (nSPS) is 10.8. The fraction of sp³-hybridized carbons (Fsp3) is 0.0714. The first-order valence-electron chi connectivity index (χ1n) is 6.16. The lowest BCUT2D eigenvalue weighted by molar-refractivity contribution is 0.628. The third-order valence-corrected chi connectivity index (χ3v) is 3.60. The Bertz CT molecular complexity index is 749. The number of rotatable bonds is 2. The van der Waals surface area contributed by atoms with Gasteiger partial charge in [0.05, 0.1) is 5.69 Å². The number of halogens is 2. The number of nitrogen functional groups attached to an aromatic ring is 1. The molecule has 0 fully saturated rings. The van der Waals surface area contributed by atoms with Gasteiger partial charge in [0.1, 0.15) is 5.82 Å². The fourth-order valence-electron chi connectivity index (χ4n) is 2.11. The second-order valence-electron chi connectivity index (χ2n) is 4.58. The summed E-state index contributed by atoms with van der Waals surface area (Å²) in [6.07, 6.45) is 0. The number of aryl methyl sites for hydroxylation is 1. The molecular weight excluding hydrogens is 337 g/mol. The second kappa shape index (κ2) is 5.25.